The van der Waals surface area contributed by atoms with Crippen molar-refractivity contribution in [1.29, 1.82) is 0 Å². The molecule has 2 aromatic rings. The molecule has 0 unspecified atom stereocenters. The van der Waals surface area contributed by atoms with Crippen LogP contribution >= 0.6 is 11.3 Å². The molecule has 0 atom stereocenters. The first-order chi connectivity index (χ1) is 8.79. The topological polar surface area (TPSA) is 21.3 Å². The van der Waals surface area contributed by atoms with Crippen LogP contribution in [-0.2, 0) is 24.4 Å². The van der Waals surface area contributed by atoms with Crippen LogP contribution in [0, 0.1) is 6.92 Å². The Labute approximate surface area is 113 Å². The number of aryl methyl sites for hydroxylation is 1. The number of thiophene rings is 1. The minimum Gasteiger partial charge on any atom is -0.380 e. The van der Waals surface area contributed by atoms with Crippen molar-refractivity contribution in [2.45, 2.75) is 26.6 Å². The first kappa shape index (κ1) is 13.3. The number of rotatable bonds is 6. The van der Waals surface area contributed by atoms with Gasteiger partial charge in [0.05, 0.1) is 6.61 Å². The second kappa shape index (κ2) is 6.69. The van der Waals surface area contributed by atoms with Gasteiger partial charge >= 0.3 is 0 Å². The number of nitrogens with one attached hydrogen (secondary N) is 1. The van der Waals surface area contributed by atoms with Crippen molar-refractivity contribution in [3.8, 4) is 0 Å². The summed E-state index contributed by atoms with van der Waals surface area (Å²) in [6, 6.07) is 10.7. The molecule has 3 heteroatoms. The minimum atomic E-state index is 0.678. The molecule has 1 aromatic carbocycles. The lowest BCUT2D eigenvalue weighted by atomic mass is 10.1. The molecule has 0 bridgehead atoms. The van der Waals surface area contributed by atoms with Gasteiger partial charge in [-0.15, -0.1) is 11.3 Å². The van der Waals surface area contributed by atoms with Gasteiger partial charge in [-0.1, -0.05) is 24.3 Å². The van der Waals surface area contributed by atoms with Crippen LogP contribution in [0.5, 0.6) is 0 Å². The molecule has 2 rings (SSSR count). The van der Waals surface area contributed by atoms with Crippen molar-refractivity contribution in [3.63, 3.8) is 0 Å². The molecule has 0 aliphatic heterocycles. The highest BCUT2D eigenvalue weighted by Crippen LogP contribution is 2.15. The summed E-state index contributed by atoms with van der Waals surface area (Å²) in [5, 5.41) is 5.63. The van der Waals surface area contributed by atoms with E-state index in [4.69, 9.17) is 4.74 Å². The molecule has 0 aliphatic carbocycles. The van der Waals surface area contributed by atoms with Crippen LogP contribution in [0.3, 0.4) is 0 Å². The van der Waals surface area contributed by atoms with Gasteiger partial charge < -0.3 is 10.1 Å². The maximum atomic E-state index is 5.14. The Morgan fingerprint density at radius 1 is 1.17 bits per heavy atom. The molecule has 1 aromatic heterocycles. The van der Waals surface area contributed by atoms with Gasteiger partial charge in [0.2, 0.25) is 0 Å². The van der Waals surface area contributed by atoms with Gasteiger partial charge in [0.1, 0.15) is 0 Å². The zero-order chi connectivity index (χ0) is 12.8. The third-order valence-electron chi connectivity index (χ3n) is 2.89. The Hall–Kier alpha value is -1.16. The summed E-state index contributed by atoms with van der Waals surface area (Å²) in [6.45, 7) is 4.68. The smallest absolute Gasteiger partial charge is 0.0713 e. The Morgan fingerprint density at radius 2 is 2.00 bits per heavy atom. The Kier molecular flexibility index (Phi) is 4.93. The molecule has 0 fully saturated rings. The van der Waals surface area contributed by atoms with Gasteiger partial charge in [-0.05, 0) is 35.1 Å². The summed E-state index contributed by atoms with van der Waals surface area (Å²) < 4.78 is 5.14. The fraction of sp³-hybridized carbons (Fsp3) is 0.333. The van der Waals surface area contributed by atoms with E-state index in [1.807, 2.05) is 11.3 Å². The molecule has 0 saturated carbocycles. The lowest BCUT2D eigenvalue weighted by Crippen LogP contribution is -2.12. The van der Waals surface area contributed by atoms with E-state index >= 15 is 0 Å². The van der Waals surface area contributed by atoms with E-state index < -0.39 is 0 Å². The first-order valence-corrected chi connectivity index (χ1v) is 6.98. The van der Waals surface area contributed by atoms with Crippen molar-refractivity contribution in [2.24, 2.45) is 0 Å². The van der Waals surface area contributed by atoms with E-state index in [1.54, 1.807) is 7.11 Å². The van der Waals surface area contributed by atoms with E-state index in [-0.39, 0.29) is 0 Å². The summed E-state index contributed by atoms with van der Waals surface area (Å²) in [5.74, 6) is 0. The molecule has 0 radical (unpaired) electrons. The van der Waals surface area contributed by atoms with Gasteiger partial charge in [0.25, 0.3) is 0 Å². The maximum Gasteiger partial charge on any atom is 0.0713 e. The predicted octanol–water partition coefficient (Wildman–Crippen LogP) is 3.49. The molecular weight excluding hydrogens is 242 g/mol. The molecule has 0 saturated heterocycles. The average Bonchev–Trinajstić information content (AvgIpc) is 2.76. The third-order valence-corrected chi connectivity index (χ3v) is 3.91. The summed E-state index contributed by atoms with van der Waals surface area (Å²) in [7, 11) is 1.73. The second-order valence-electron chi connectivity index (χ2n) is 4.38. The average molecular weight is 261 g/mol. The fourth-order valence-corrected chi connectivity index (χ4v) is 2.78. The van der Waals surface area contributed by atoms with Gasteiger partial charge in [-0.2, -0.15) is 0 Å². The van der Waals surface area contributed by atoms with Crippen LogP contribution in [-0.4, -0.2) is 7.11 Å². The quantitative estimate of drug-likeness (QED) is 0.859. The molecule has 2 nitrogen and oxygen atoms in total. The van der Waals surface area contributed by atoms with Gasteiger partial charge in [0, 0.05) is 25.1 Å². The van der Waals surface area contributed by atoms with Crippen molar-refractivity contribution in [3.05, 3.63) is 57.3 Å². The van der Waals surface area contributed by atoms with Crippen molar-refractivity contribution < 1.29 is 4.74 Å². The van der Waals surface area contributed by atoms with Crippen molar-refractivity contribution in [1.82, 2.24) is 5.32 Å². The molecule has 18 heavy (non-hydrogen) atoms. The maximum absolute atomic E-state index is 5.14. The molecule has 96 valence electrons. The van der Waals surface area contributed by atoms with Crippen LogP contribution in [0.2, 0.25) is 0 Å². The summed E-state index contributed by atoms with van der Waals surface area (Å²) in [4.78, 5) is 1.42. The third kappa shape index (κ3) is 3.67. The molecule has 1 heterocycles. The van der Waals surface area contributed by atoms with Gasteiger partial charge in [-0.25, -0.2) is 0 Å². The first-order valence-electron chi connectivity index (χ1n) is 6.10. The van der Waals surface area contributed by atoms with E-state index in [2.05, 4.69) is 48.0 Å². The number of benzene rings is 1. The lowest BCUT2D eigenvalue weighted by molar-refractivity contribution is 0.185. The van der Waals surface area contributed by atoms with Crippen molar-refractivity contribution in [2.75, 3.05) is 7.11 Å². The lowest BCUT2D eigenvalue weighted by Gasteiger charge is -2.06. The highest BCUT2D eigenvalue weighted by atomic mass is 32.1. The van der Waals surface area contributed by atoms with Crippen LogP contribution in [0.25, 0.3) is 0 Å². The van der Waals surface area contributed by atoms with Crippen LogP contribution in [0.1, 0.15) is 21.6 Å². The second-order valence-corrected chi connectivity index (χ2v) is 5.38. The Morgan fingerprint density at radius 3 is 2.72 bits per heavy atom. The largest absolute Gasteiger partial charge is 0.380 e. The molecular formula is C15H19NOS. The summed E-state index contributed by atoms with van der Waals surface area (Å²) >= 11 is 1.81. The van der Waals surface area contributed by atoms with Crippen LogP contribution in [0.4, 0.5) is 0 Å². The zero-order valence-electron chi connectivity index (χ0n) is 10.9. The monoisotopic (exact) mass is 261 g/mol. The number of methoxy groups -OCH3 is 1. The van der Waals surface area contributed by atoms with Gasteiger partial charge in [0.15, 0.2) is 0 Å². The van der Waals surface area contributed by atoms with E-state index in [1.165, 1.54) is 21.6 Å². The van der Waals surface area contributed by atoms with Crippen LogP contribution in [0.15, 0.2) is 35.7 Å². The summed E-state index contributed by atoms with van der Waals surface area (Å²) in [6.07, 6.45) is 0. The normalized spacial score (nSPS) is 10.8. The zero-order valence-corrected chi connectivity index (χ0v) is 11.7. The molecule has 1 N–H and O–H groups in total. The Bertz CT molecular complexity index is 493. The molecule has 0 aliphatic rings. The van der Waals surface area contributed by atoms with Crippen LogP contribution < -0.4 is 5.32 Å². The van der Waals surface area contributed by atoms with Crippen molar-refractivity contribution >= 4 is 11.3 Å². The van der Waals surface area contributed by atoms with Gasteiger partial charge in [-0.3, -0.25) is 0 Å². The molecule has 0 spiro atoms. The minimum absolute atomic E-state index is 0.678. The number of ether oxygens (including phenoxy) is 1. The fourth-order valence-electron chi connectivity index (χ4n) is 1.90. The predicted molar refractivity (Wildman–Crippen MR) is 76.8 cm³/mol. The number of hydrogen-bond acceptors (Lipinski definition) is 3. The standard InChI is InChI=1S/C15H19NOS/c1-12-6-7-18-15(12)10-16-9-13-4-3-5-14(8-13)11-17-2/h3-8,16H,9-11H2,1-2H3. The molecule has 0 amide bonds. The van der Waals surface area contributed by atoms with E-state index in [0.29, 0.717) is 6.61 Å². The Balaban J connectivity index is 1.86. The van der Waals surface area contributed by atoms with E-state index in [0.717, 1.165) is 13.1 Å². The van der Waals surface area contributed by atoms with E-state index in [9.17, 15) is 0 Å². The summed E-state index contributed by atoms with van der Waals surface area (Å²) in [5.41, 5.74) is 3.91. The number of hydrogen-bond donors (Lipinski definition) is 1. The SMILES string of the molecule is COCc1cccc(CNCc2sccc2C)c1. The highest BCUT2D eigenvalue weighted by molar-refractivity contribution is 7.10. The highest BCUT2D eigenvalue weighted by Gasteiger charge is 2.00.